The number of halogens is 2. The van der Waals surface area contributed by atoms with Crippen LogP contribution in [0.2, 0.25) is 0 Å². The molecule has 0 spiro atoms. The van der Waals surface area contributed by atoms with Crippen molar-refractivity contribution in [2.24, 2.45) is 5.41 Å². The van der Waals surface area contributed by atoms with Gasteiger partial charge >= 0.3 is 5.97 Å². The number of carbonyl (C=O) groups excluding carboxylic acids is 1. The fourth-order valence-corrected chi connectivity index (χ4v) is 0.809. The highest BCUT2D eigenvalue weighted by Gasteiger charge is 2.18. The minimum atomic E-state index is -0.196. The van der Waals surface area contributed by atoms with E-state index in [9.17, 15) is 4.79 Å². The van der Waals surface area contributed by atoms with Gasteiger partial charge in [-0.2, -0.15) is 0 Å². The van der Waals surface area contributed by atoms with Gasteiger partial charge in [0.2, 0.25) is 0 Å². The van der Waals surface area contributed by atoms with Crippen molar-refractivity contribution in [1.29, 1.82) is 0 Å². The molecule has 2 nitrogen and oxygen atoms in total. The van der Waals surface area contributed by atoms with Gasteiger partial charge in [0.05, 0.1) is 6.61 Å². The predicted molar refractivity (Wildman–Crippen MR) is 55.4 cm³/mol. The van der Waals surface area contributed by atoms with Crippen molar-refractivity contribution < 1.29 is 9.53 Å². The number of carbonyl (C=O) groups is 1. The SMILES string of the molecule is CC(C)(CCl)COC(=O)CCCCl. The molecule has 78 valence electrons. The van der Waals surface area contributed by atoms with E-state index in [-0.39, 0.29) is 11.4 Å². The van der Waals surface area contributed by atoms with Gasteiger partial charge in [0.1, 0.15) is 0 Å². The summed E-state index contributed by atoms with van der Waals surface area (Å²) in [5.74, 6) is 0.780. The Morgan fingerprint density at radius 3 is 2.46 bits per heavy atom. The predicted octanol–water partition coefficient (Wildman–Crippen LogP) is 2.81. The summed E-state index contributed by atoms with van der Waals surface area (Å²) in [6.07, 6.45) is 1.06. The molecule has 0 unspecified atom stereocenters. The van der Waals surface area contributed by atoms with E-state index in [1.54, 1.807) is 0 Å². The molecule has 0 fully saturated rings. The smallest absolute Gasteiger partial charge is 0.305 e. The highest BCUT2D eigenvalue weighted by Crippen LogP contribution is 2.17. The zero-order valence-corrected chi connectivity index (χ0v) is 9.62. The summed E-state index contributed by atoms with van der Waals surface area (Å²) in [5, 5.41) is 0. The van der Waals surface area contributed by atoms with E-state index in [1.165, 1.54) is 0 Å². The number of ether oxygens (including phenoxy) is 1. The highest BCUT2D eigenvalue weighted by molar-refractivity contribution is 6.18. The average Bonchev–Trinajstić information content (AvgIpc) is 2.11. The molecule has 0 aromatic heterocycles. The number of hydrogen-bond donors (Lipinski definition) is 0. The molecule has 0 saturated heterocycles. The quantitative estimate of drug-likeness (QED) is 0.515. The van der Waals surface area contributed by atoms with Crippen molar-refractivity contribution in [2.45, 2.75) is 26.7 Å². The van der Waals surface area contributed by atoms with Crippen molar-refractivity contribution in [3.63, 3.8) is 0 Å². The van der Waals surface area contributed by atoms with Gasteiger partial charge in [-0.1, -0.05) is 13.8 Å². The summed E-state index contributed by atoms with van der Waals surface area (Å²) in [4.78, 5) is 11.0. The van der Waals surface area contributed by atoms with Gasteiger partial charge in [-0.05, 0) is 6.42 Å². The van der Waals surface area contributed by atoms with E-state index >= 15 is 0 Å². The largest absolute Gasteiger partial charge is 0.465 e. The molecule has 0 aromatic carbocycles. The molecule has 0 N–H and O–H groups in total. The Hall–Kier alpha value is 0.0500. The normalized spacial score (nSPS) is 11.4. The van der Waals surface area contributed by atoms with Crippen LogP contribution in [0.3, 0.4) is 0 Å². The third kappa shape index (κ3) is 7.15. The fourth-order valence-electron chi connectivity index (χ4n) is 0.598. The third-order valence-corrected chi connectivity index (χ3v) is 2.49. The van der Waals surface area contributed by atoms with Crippen LogP contribution >= 0.6 is 23.2 Å². The minimum Gasteiger partial charge on any atom is -0.465 e. The standard InChI is InChI=1S/C9H16Cl2O2/c1-9(2,6-11)7-13-8(12)4-3-5-10/h3-7H2,1-2H3. The molecule has 4 heteroatoms. The molecule has 0 aromatic rings. The second-order valence-electron chi connectivity index (χ2n) is 3.75. The van der Waals surface area contributed by atoms with Crippen molar-refractivity contribution in [3.8, 4) is 0 Å². The van der Waals surface area contributed by atoms with Crippen molar-refractivity contribution in [3.05, 3.63) is 0 Å². The lowest BCUT2D eigenvalue weighted by Crippen LogP contribution is -2.23. The van der Waals surface area contributed by atoms with Gasteiger partial charge in [-0.15, -0.1) is 23.2 Å². The molecular formula is C9H16Cl2O2. The molecule has 0 amide bonds. The zero-order chi connectivity index (χ0) is 10.3. The second kappa shape index (κ2) is 6.50. The van der Waals surface area contributed by atoms with Gasteiger partial charge in [0.25, 0.3) is 0 Å². The van der Waals surface area contributed by atoms with Crippen LogP contribution in [0.25, 0.3) is 0 Å². The molecule has 0 aliphatic heterocycles. The third-order valence-electron chi connectivity index (χ3n) is 1.50. The lowest BCUT2D eigenvalue weighted by molar-refractivity contribution is -0.146. The maximum Gasteiger partial charge on any atom is 0.305 e. The van der Waals surface area contributed by atoms with Gasteiger partial charge in [-0.3, -0.25) is 4.79 Å². The van der Waals surface area contributed by atoms with Gasteiger partial charge < -0.3 is 4.74 Å². The molecule has 0 aliphatic rings. The maximum absolute atomic E-state index is 11.0. The van der Waals surface area contributed by atoms with Crippen LogP contribution in [0.1, 0.15) is 26.7 Å². The molecule has 13 heavy (non-hydrogen) atoms. The van der Waals surface area contributed by atoms with Crippen LogP contribution < -0.4 is 0 Å². The van der Waals surface area contributed by atoms with E-state index in [4.69, 9.17) is 27.9 Å². The van der Waals surface area contributed by atoms with Crippen molar-refractivity contribution in [1.82, 2.24) is 0 Å². The van der Waals surface area contributed by atoms with E-state index in [0.717, 1.165) is 0 Å². The van der Waals surface area contributed by atoms with Crippen LogP contribution in [0, 0.1) is 5.41 Å². The van der Waals surface area contributed by atoms with Gasteiger partial charge in [0, 0.05) is 23.6 Å². The number of hydrogen-bond acceptors (Lipinski definition) is 2. The molecule has 0 radical (unpaired) electrons. The molecule has 0 bridgehead atoms. The summed E-state index contributed by atoms with van der Waals surface area (Å²) in [7, 11) is 0. The molecule has 0 aliphatic carbocycles. The Morgan fingerprint density at radius 2 is 2.00 bits per heavy atom. The van der Waals surface area contributed by atoms with E-state index in [2.05, 4.69) is 0 Å². The summed E-state index contributed by atoms with van der Waals surface area (Å²) >= 11 is 11.1. The fraction of sp³-hybridized carbons (Fsp3) is 0.889. The maximum atomic E-state index is 11.0. The lowest BCUT2D eigenvalue weighted by atomic mass is 9.98. The van der Waals surface area contributed by atoms with Gasteiger partial charge in [0.15, 0.2) is 0 Å². The van der Waals surface area contributed by atoms with Crippen LogP contribution in [0.5, 0.6) is 0 Å². The molecular weight excluding hydrogens is 211 g/mol. The lowest BCUT2D eigenvalue weighted by Gasteiger charge is -2.20. The van der Waals surface area contributed by atoms with Crippen molar-refractivity contribution in [2.75, 3.05) is 18.4 Å². The number of alkyl halides is 2. The average molecular weight is 227 g/mol. The first-order chi connectivity index (χ1) is 6.02. The topological polar surface area (TPSA) is 26.3 Å². The number of esters is 1. The van der Waals surface area contributed by atoms with E-state index in [1.807, 2.05) is 13.8 Å². The van der Waals surface area contributed by atoms with Crippen molar-refractivity contribution >= 4 is 29.2 Å². The summed E-state index contributed by atoms with van der Waals surface area (Å²) in [5.41, 5.74) is -0.141. The monoisotopic (exact) mass is 226 g/mol. The Morgan fingerprint density at radius 1 is 1.38 bits per heavy atom. The van der Waals surface area contributed by atoms with Gasteiger partial charge in [-0.25, -0.2) is 0 Å². The number of rotatable bonds is 6. The Kier molecular flexibility index (Phi) is 6.52. The molecule has 0 rings (SSSR count). The molecule has 0 atom stereocenters. The highest BCUT2D eigenvalue weighted by atomic mass is 35.5. The first-order valence-corrected chi connectivity index (χ1v) is 5.36. The van der Waals surface area contributed by atoms with Crippen LogP contribution in [-0.2, 0) is 9.53 Å². The summed E-state index contributed by atoms with van der Waals surface area (Å²) in [6, 6.07) is 0. The first-order valence-electron chi connectivity index (χ1n) is 4.29. The van der Waals surface area contributed by atoms with Crippen LogP contribution in [0.4, 0.5) is 0 Å². The minimum absolute atomic E-state index is 0.141. The molecule has 0 saturated carbocycles. The Bertz CT molecular complexity index is 158. The second-order valence-corrected chi connectivity index (χ2v) is 4.40. The van der Waals surface area contributed by atoms with Crippen LogP contribution in [0.15, 0.2) is 0 Å². The Balaban J connectivity index is 3.57. The van der Waals surface area contributed by atoms with Crippen LogP contribution in [-0.4, -0.2) is 24.3 Å². The zero-order valence-electron chi connectivity index (χ0n) is 8.11. The molecule has 0 heterocycles. The van der Waals surface area contributed by atoms with E-state index < -0.39 is 0 Å². The summed E-state index contributed by atoms with van der Waals surface area (Å²) < 4.78 is 5.02. The first kappa shape index (κ1) is 13.1. The summed E-state index contributed by atoms with van der Waals surface area (Å²) in [6.45, 7) is 4.28. The van der Waals surface area contributed by atoms with E-state index in [0.29, 0.717) is 31.2 Å². The Labute approximate surface area is 89.5 Å².